The minimum atomic E-state index is -0.293. The van der Waals surface area contributed by atoms with Crippen molar-refractivity contribution in [1.29, 1.82) is 0 Å². The van der Waals surface area contributed by atoms with Crippen LogP contribution in [0.15, 0.2) is 55.1 Å². The number of aromatic amines is 2. The van der Waals surface area contributed by atoms with E-state index in [2.05, 4.69) is 33.1 Å². The van der Waals surface area contributed by atoms with Crippen molar-refractivity contribution in [1.82, 2.24) is 30.5 Å². The number of piperidine rings is 1. The third-order valence-corrected chi connectivity index (χ3v) is 5.97. The largest absolute Gasteiger partial charge is 0.340 e. The van der Waals surface area contributed by atoms with Crippen LogP contribution in [0, 0.1) is 12.7 Å². The molecule has 0 aliphatic carbocycles. The maximum atomic E-state index is 13.9. The van der Waals surface area contributed by atoms with Gasteiger partial charge < -0.3 is 10.3 Å². The van der Waals surface area contributed by atoms with Crippen molar-refractivity contribution >= 4 is 16.6 Å². The van der Waals surface area contributed by atoms with Crippen molar-refractivity contribution in [2.75, 3.05) is 13.1 Å². The molecule has 4 heterocycles. The number of hydrogen-bond donors (Lipinski definition) is 3. The number of benzene rings is 1. The van der Waals surface area contributed by atoms with E-state index in [0.717, 1.165) is 65.2 Å². The van der Waals surface area contributed by atoms with Crippen molar-refractivity contribution in [2.24, 2.45) is 0 Å². The van der Waals surface area contributed by atoms with E-state index in [-0.39, 0.29) is 5.82 Å². The summed E-state index contributed by atoms with van der Waals surface area (Å²) in [6.07, 6.45) is 5.70. The summed E-state index contributed by atoms with van der Waals surface area (Å²) in [6.45, 7) is 7.80. The van der Waals surface area contributed by atoms with Gasteiger partial charge in [0.1, 0.15) is 11.3 Å². The van der Waals surface area contributed by atoms with Crippen LogP contribution in [0.5, 0.6) is 0 Å². The van der Waals surface area contributed by atoms with Gasteiger partial charge in [-0.3, -0.25) is 5.10 Å². The third-order valence-electron chi connectivity index (χ3n) is 5.97. The smallest absolute Gasteiger partial charge is 0.161 e. The molecule has 162 valence electrons. The van der Waals surface area contributed by atoms with E-state index >= 15 is 0 Å². The van der Waals surface area contributed by atoms with Crippen LogP contribution < -0.4 is 5.32 Å². The third kappa shape index (κ3) is 3.76. The number of fused-ring (bicyclic) bond motifs is 1. The standard InChI is InChI=1S/C25H25FN6/c1-3-5-19(17-6-4-7-18(26)14-17)22-15(2)28-25(30-22)24-23-21(31-32-24)9-8-20(29-23)16-10-12-27-13-11-16/h3-9,14,16,27H,1,10-13H2,2H3,(H,28,30)(H,31,32)/b19-5-. The number of rotatable bonds is 5. The van der Waals surface area contributed by atoms with E-state index in [0.29, 0.717) is 17.4 Å². The van der Waals surface area contributed by atoms with Crippen molar-refractivity contribution in [2.45, 2.75) is 25.7 Å². The first kappa shape index (κ1) is 20.3. The monoisotopic (exact) mass is 428 g/mol. The first-order valence-corrected chi connectivity index (χ1v) is 10.9. The first-order valence-electron chi connectivity index (χ1n) is 10.9. The number of imidazole rings is 1. The fraction of sp³-hybridized carbons (Fsp3) is 0.240. The SMILES string of the molecule is C=C/C=C(/c1cccc(F)c1)c1nc(-c2n[nH]c3ccc(C4CCNCC4)nc23)[nH]c1C. The van der Waals surface area contributed by atoms with Gasteiger partial charge in [-0.25, -0.2) is 14.4 Å². The molecule has 0 atom stereocenters. The Balaban J connectivity index is 1.57. The summed E-state index contributed by atoms with van der Waals surface area (Å²) >= 11 is 0. The Morgan fingerprint density at radius 2 is 2.00 bits per heavy atom. The fourth-order valence-electron chi connectivity index (χ4n) is 4.34. The molecule has 6 nitrogen and oxygen atoms in total. The van der Waals surface area contributed by atoms with Gasteiger partial charge in [0.2, 0.25) is 0 Å². The van der Waals surface area contributed by atoms with E-state index in [4.69, 9.17) is 9.97 Å². The van der Waals surface area contributed by atoms with Crippen LogP contribution >= 0.6 is 0 Å². The molecule has 0 unspecified atom stereocenters. The molecular formula is C25H25FN6. The van der Waals surface area contributed by atoms with E-state index in [1.54, 1.807) is 12.1 Å². The lowest BCUT2D eigenvalue weighted by molar-refractivity contribution is 0.454. The first-order chi connectivity index (χ1) is 15.6. The number of halogens is 1. The highest BCUT2D eigenvalue weighted by atomic mass is 19.1. The molecular weight excluding hydrogens is 403 g/mol. The molecule has 1 aromatic carbocycles. The highest BCUT2D eigenvalue weighted by Gasteiger charge is 2.21. The Morgan fingerprint density at radius 3 is 2.78 bits per heavy atom. The van der Waals surface area contributed by atoms with Crippen molar-refractivity contribution in [3.8, 4) is 11.5 Å². The Kier molecular flexibility index (Phi) is 5.41. The number of H-pyrrole nitrogens is 2. The molecule has 4 aromatic rings. The van der Waals surface area contributed by atoms with Crippen molar-refractivity contribution in [3.63, 3.8) is 0 Å². The van der Waals surface area contributed by atoms with Crippen LogP contribution in [0.3, 0.4) is 0 Å². The number of pyridine rings is 1. The average molecular weight is 429 g/mol. The van der Waals surface area contributed by atoms with E-state index in [9.17, 15) is 4.39 Å². The van der Waals surface area contributed by atoms with Gasteiger partial charge >= 0.3 is 0 Å². The van der Waals surface area contributed by atoms with Crippen LogP contribution in [-0.2, 0) is 0 Å². The number of allylic oxidation sites excluding steroid dienone is 2. The Labute approximate surface area is 185 Å². The van der Waals surface area contributed by atoms with Crippen LogP contribution in [0.1, 0.15) is 41.4 Å². The summed E-state index contributed by atoms with van der Waals surface area (Å²) in [7, 11) is 0. The van der Waals surface area contributed by atoms with Gasteiger partial charge in [-0.1, -0.05) is 30.9 Å². The Morgan fingerprint density at radius 1 is 1.16 bits per heavy atom. The highest BCUT2D eigenvalue weighted by Crippen LogP contribution is 2.31. The number of aryl methyl sites for hydroxylation is 1. The van der Waals surface area contributed by atoms with Crippen LogP contribution in [0.2, 0.25) is 0 Å². The minimum absolute atomic E-state index is 0.293. The molecule has 1 aliphatic heterocycles. The van der Waals surface area contributed by atoms with Gasteiger partial charge in [-0.05, 0) is 62.7 Å². The maximum Gasteiger partial charge on any atom is 0.161 e. The fourth-order valence-corrected chi connectivity index (χ4v) is 4.34. The van der Waals surface area contributed by atoms with Crippen LogP contribution in [0.25, 0.3) is 28.1 Å². The molecule has 5 rings (SSSR count). The Bertz CT molecular complexity index is 1310. The topological polar surface area (TPSA) is 82.3 Å². The summed E-state index contributed by atoms with van der Waals surface area (Å²) in [5.74, 6) is 0.788. The quantitative estimate of drug-likeness (QED) is 0.396. The van der Waals surface area contributed by atoms with Gasteiger partial charge in [0.15, 0.2) is 11.5 Å². The highest BCUT2D eigenvalue weighted by molar-refractivity contribution is 5.89. The maximum absolute atomic E-state index is 13.9. The average Bonchev–Trinajstić information content (AvgIpc) is 3.41. The predicted octanol–water partition coefficient (Wildman–Crippen LogP) is 4.88. The lowest BCUT2D eigenvalue weighted by atomic mass is 9.94. The summed E-state index contributed by atoms with van der Waals surface area (Å²) in [5.41, 5.74) is 6.59. The molecule has 0 amide bonds. The summed E-state index contributed by atoms with van der Waals surface area (Å²) in [4.78, 5) is 13.2. The molecule has 3 aromatic heterocycles. The van der Waals surface area contributed by atoms with Gasteiger partial charge in [0.05, 0.1) is 11.2 Å². The van der Waals surface area contributed by atoms with Gasteiger partial charge in [0, 0.05) is 22.9 Å². The second-order valence-electron chi connectivity index (χ2n) is 8.11. The second kappa shape index (κ2) is 8.51. The molecule has 0 saturated carbocycles. The number of nitrogens with zero attached hydrogens (tertiary/aromatic N) is 3. The van der Waals surface area contributed by atoms with Crippen LogP contribution in [0.4, 0.5) is 4.39 Å². The molecule has 1 saturated heterocycles. The number of aromatic nitrogens is 5. The normalized spacial score (nSPS) is 15.4. The zero-order valence-electron chi connectivity index (χ0n) is 18.0. The lowest BCUT2D eigenvalue weighted by Crippen LogP contribution is -2.27. The van der Waals surface area contributed by atoms with Crippen molar-refractivity contribution < 1.29 is 4.39 Å². The molecule has 0 radical (unpaired) electrons. The number of nitrogens with one attached hydrogen (secondary N) is 3. The zero-order valence-corrected chi connectivity index (χ0v) is 18.0. The van der Waals surface area contributed by atoms with Crippen LogP contribution in [-0.4, -0.2) is 38.2 Å². The molecule has 1 fully saturated rings. The molecule has 7 heteroatoms. The summed E-state index contributed by atoms with van der Waals surface area (Å²) in [6, 6.07) is 10.6. The lowest BCUT2D eigenvalue weighted by Gasteiger charge is -2.22. The second-order valence-corrected chi connectivity index (χ2v) is 8.11. The molecule has 1 aliphatic rings. The summed E-state index contributed by atoms with van der Waals surface area (Å²) in [5, 5.41) is 11.0. The Hall–Kier alpha value is -3.58. The van der Waals surface area contributed by atoms with Crippen molar-refractivity contribution in [3.05, 3.63) is 83.6 Å². The molecule has 0 spiro atoms. The molecule has 3 N–H and O–H groups in total. The minimum Gasteiger partial charge on any atom is -0.340 e. The predicted molar refractivity (Wildman–Crippen MR) is 125 cm³/mol. The van der Waals surface area contributed by atoms with E-state index in [1.807, 2.05) is 25.1 Å². The van der Waals surface area contributed by atoms with Gasteiger partial charge in [-0.15, -0.1) is 0 Å². The van der Waals surface area contributed by atoms with E-state index in [1.165, 1.54) is 12.1 Å². The van der Waals surface area contributed by atoms with Gasteiger partial charge in [-0.2, -0.15) is 5.10 Å². The molecule has 32 heavy (non-hydrogen) atoms. The summed E-state index contributed by atoms with van der Waals surface area (Å²) < 4.78 is 13.9. The zero-order chi connectivity index (χ0) is 22.1. The van der Waals surface area contributed by atoms with Gasteiger partial charge in [0.25, 0.3) is 0 Å². The molecule has 0 bridgehead atoms. The number of hydrogen-bond acceptors (Lipinski definition) is 4. The van der Waals surface area contributed by atoms with E-state index < -0.39 is 0 Å².